The number of nitrogens with zero attached hydrogens (tertiary/aromatic N) is 1. The van der Waals surface area contributed by atoms with E-state index < -0.39 is 0 Å². The summed E-state index contributed by atoms with van der Waals surface area (Å²) in [4.78, 5) is 4.47. The van der Waals surface area contributed by atoms with E-state index in [-0.39, 0.29) is 37.0 Å². The lowest BCUT2D eigenvalue weighted by atomic mass is 10.0. The van der Waals surface area contributed by atoms with Gasteiger partial charge in [0.05, 0.1) is 24.1 Å². The molecule has 2 atom stereocenters. The minimum Gasteiger partial charge on any atom is -0.395 e. The zero-order valence-corrected chi connectivity index (χ0v) is 15.3. The van der Waals surface area contributed by atoms with Gasteiger partial charge in [-0.15, -0.1) is 0 Å². The number of nitrogens with one attached hydrogen (secondary N) is 1. The quantitative estimate of drug-likeness (QED) is 0.765. The predicted molar refractivity (Wildman–Crippen MR) is 97.6 cm³/mol. The fraction of sp³-hybridized carbons (Fsp3) is 0.450. The van der Waals surface area contributed by atoms with Crippen LogP contribution >= 0.6 is 0 Å². The number of aromatic nitrogens is 1. The maximum atomic E-state index is 14.1. The van der Waals surface area contributed by atoms with Gasteiger partial charge in [-0.3, -0.25) is 0 Å². The van der Waals surface area contributed by atoms with E-state index in [1.807, 2.05) is 45.0 Å². The van der Waals surface area contributed by atoms with Gasteiger partial charge in [-0.2, -0.15) is 0 Å². The molecule has 0 aliphatic heterocycles. The molecular weight excluding hydrogens is 319 g/mol. The zero-order chi connectivity index (χ0) is 18.4. The second-order valence-electron chi connectivity index (χ2n) is 6.54. The van der Waals surface area contributed by atoms with Crippen LogP contribution in [0.1, 0.15) is 38.1 Å². The SMILES string of the molecule is COC(C)c1cccc(-c2ccc(F)c(CN[C@@H](CO)C(C)C)n2)c1. The minimum atomic E-state index is -0.349. The average molecular weight is 346 g/mol. The highest BCUT2D eigenvalue weighted by molar-refractivity contribution is 5.60. The molecule has 1 unspecified atom stereocenters. The number of ether oxygens (including phenoxy) is 1. The molecule has 0 radical (unpaired) electrons. The highest BCUT2D eigenvalue weighted by atomic mass is 19.1. The van der Waals surface area contributed by atoms with E-state index in [0.717, 1.165) is 11.1 Å². The summed E-state index contributed by atoms with van der Waals surface area (Å²) in [6.07, 6.45) is -0.0158. The van der Waals surface area contributed by atoms with Gasteiger partial charge in [0.1, 0.15) is 5.82 Å². The molecule has 5 heteroatoms. The lowest BCUT2D eigenvalue weighted by molar-refractivity contribution is 0.119. The van der Waals surface area contributed by atoms with Crippen LogP contribution in [-0.4, -0.2) is 29.8 Å². The van der Waals surface area contributed by atoms with Crippen LogP contribution < -0.4 is 5.32 Å². The molecule has 2 aromatic rings. The molecule has 0 aliphatic carbocycles. The van der Waals surface area contributed by atoms with Crippen molar-refractivity contribution in [1.29, 1.82) is 0 Å². The first-order chi connectivity index (χ1) is 12.0. The fourth-order valence-electron chi connectivity index (χ4n) is 2.59. The summed E-state index contributed by atoms with van der Waals surface area (Å²) < 4.78 is 19.5. The molecule has 1 aromatic carbocycles. The van der Waals surface area contributed by atoms with Crippen LogP contribution in [-0.2, 0) is 11.3 Å². The Morgan fingerprint density at radius 2 is 1.96 bits per heavy atom. The van der Waals surface area contributed by atoms with E-state index in [2.05, 4.69) is 10.3 Å². The van der Waals surface area contributed by atoms with E-state index in [9.17, 15) is 9.50 Å². The molecule has 0 amide bonds. The number of methoxy groups -OCH3 is 1. The van der Waals surface area contributed by atoms with Crippen molar-refractivity contribution in [2.45, 2.75) is 39.5 Å². The number of aliphatic hydroxyl groups is 1. The smallest absolute Gasteiger partial charge is 0.146 e. The second-order valence-corrected chi connectivity index (χ2v) is 6.54. The molecule has 0 aliphatic rings. The first kappa shape index (κ1) is 19.5. The number of pyridine rings is 1. The Balaban J connectivity index is 2.24. The van der Waals surface area contributed by atoms with Gasteiger partial charge >= 0.3 is 0 Å². The van der Waals surface area contributed by atoms with Crippen molar-refractivity contribution < 1.29 is 14.2 Å². The third-order valence-electron chi connectivity index (χ3n) is 4.46. The van der Waals surface area contributed by atoms with Crippen molar-refractivity contribution in [3.8, 4) is 11.3 Å². The van der Waals surface area contributed by atoms with Crippen LogP contribution in [0.4, 0.5) is 4.39 Å². The van der Waals surface area contributed by atoms with E-state index in [4.69, 9.17) is 4.74 Å². The third kappa shape index (κ3) is 5.08. The Kier molecular flexibility index (Phi) is 7.05. The summed E-state index contributed by atoms with van der Waals surface area (Å²) in [7, 11) is 1.67. The van der Waals surface area contributed by atoms with Gasteiger partial charge in [-0.25, -0.2) is 9.37 Å². The normalized spacial score (nSPS) is 13.9. The first-order valence-corrected chi connectivity index (χ1v) is 8.59. The molecule has 136 valence electrons. The average Bonchev–Trinajstić information content (AvgIpc) is 2.62. The largest absolute Gasteiger partial charge is 0.395 e. The Labute approximate surface area is 149 Å². The number of benzene rings is 1. The predicted octanol–water partition coefficient (Wildman–Crippen LogP) is 3.70. The molecule has 4 nitrogen and oxygen atoms in total. The number of halogens is 1. The Hall–Kier alpha value is -1.82. The standard InChI is InChI=1S/C20H27FN2O2/c1-13(2)20(12-24)22-11-19-17(21)8-9-18(23-19)16-7-5-6-15(10-16)14(3)25-4/h5-10,13-14,20,22,24H,11-12H2,1-4H3/t14?,20-/m0/s1. The number of hydrogen-bond donors (Lipinski definition) is 2. The molecule has 2 rings (SSSR count). The number of hydrogen-bond acceptors (Lipinski definition) is 4. The number of aliphatic hydroxyl groups excluding tert-OH is 1. The van der Waals surface area contributed by atoms with Gasteiger partial charge in [0.2, 0.25) is 0 Å². The van der Waals surface area contributed by atoms with Crippen LogP contribution in [0.2, 0.25) is 0 Å². The van der Waals surface area contributed by atoms with Gasteiger partial charge < -0.3 is 15.2 Å². The summed E-state index contributed by atoms with van der Waals surface area (Å²) in [5.41, 5.74) is 3.03. The first-order valence-electron chi connectivity index (χ1n) is 8.59. The van der Waals surface area contributed by atoms with Crippen molar-refractivity contribution >= 4 is 0 Å². The molecule has 25 heavy (non-hydrogen) atoms. The Morgan fingerprint density at radius 3 is 2.60 bits per heavy atom. The lowest BCUT2D eigenvalue weighted by Gasteiger charge is -2.20. The van der Waals surface area contributed by atoms with Crippen LogP contribution in [0.5, 0.6) is 0 Å². The van der Waals surface area contributed by atoms with Crippen LogP contribution in [0, 0.1) is 11.7 Å². The van der Waals surface area contributed by atoms with Crippen LogP contribution in [0.25, 0.3) is 11.3 Å². The second kappa shape index (κ2) is 9.04. The molecular formula is C20H27FN2O2. The maximum Gasteiger partial charge on any atom is 0.146 e. The molecule has 0 spiro atoms. The van der Waals surface area contributed by atoms with Crippen LogP contribution in [0.15, 0.2) is 36.4 Å². The fourth-order valence-corrected chi connectivity index (χ4v) is 2.59. The molecule has 0 fully saturated rings. The Morgan fingerprint density at radius 1 is 1.20 bits per heavy atom. The minimum absolute atomic E-state index is 0.00985. The highest BCUT2D eigenvalue weighted by Gasteiger charge is 2.14. The Bertz CT molecular complexity index is 691. The van der Waals surface area contributed by atoms with Gasteiger partial charge in [0.15, 0.2) is 0 Å². The van der Waals surface area contributed by atoms with Gasteiger partial charge in [0.25, 0.3) is 0 Å². The molecule has 1 heterocycles. The molecule has 0 saturated carbocycles. The van der Waals surface area contributed by atoms with E-state index >= 15 is 0 Å². The molecule has 0 bridgehead atoms. The molecule has 0 saturated heterocycles. The number of rotatable bonds is 8. The van der Waals surface area contributed by atoms with Crippen molar-refractivity contribution in [3.63, 3.8) is 0 Å². The summed E-state index contributed by atoms with van der Waals surface area (Å²) in [5, 5.41) is 12.6. The van der Waals surface area contributed by atoms with Crippen molar-refractivity contribution in [1.82, 2.24) is 10.3 Å². The summed E-state index contributed by atoms with van der Waals surface area (Å²) in [6.45, 7) is 6.29. The van der Waals surface area contributed by atoms with Crippen LogP contribution in [0.3, 0.4) is 0 Å². The third-order valence-corrected chi connectivity index (χ3v) is 4.46. The monoisotopic (exact) mass is 346 g/mol. The summed E-state index contributed by atoms with van der Waals surface area (Å²) in [6, 6.07) is 10.9. The van der Waals surface area contributed by atoms with E-state index in [1.54, 1.807) is 13.2 Å². The van der Waals surface area contributed by atoms with E-state index in [1.165, 1.54) is 6.07 Å². The topological polar surface area (TPSA) is 54.4 Å². The van der Waals surface area contributed by atoms with E-state index in [0.29, 0.717) is 11.4 Å². The van der Waals surface area contributed by atoms with Crippen molar-refractivity contribution in [2.75, 3.05) is 13.7 Å². The molecule has 2 N–H and O–H groups in total. The summed E-state index contributed by atoms with van der Waals surface area (Å²) >= 11 is 0. The van der Waals surface area contributed by atoms with Gasteiger partial charge in [-0.1, -0.05) is 32.0 Å². The van der Waals surface area contributed by atoms with Crippen molar-refractivity contribution in [2.24, 2.45) is 5.92 Å². The zero-order valence-electron chi connectivity index (χ0n) is 15.3. The van der Waals surface area contributed by atoms with Gasteiger partial charge in [0, 0.05) is 25.3 Å². The lowest BCUT2D eigenvalue weighted by Crippen LogP contribution is -2.36. The summed E-state index contributed by atoms with van der Waals surface area (Å²) in [5.74, 6) is -0.0958. The van der Waals surface area contributed by atoms with Crippen molar-refractivity contribution in [3.05, 3.63) is 53.5 Å². The molecule has 1 aromatic heterocycles. The highest BCUT2D eigenvalue weighted by Crippen LogP contribution is 2.24. The maximum absolute atomic E-state index is 14.1. The van der Waals surface area contributed by atoms with Gasteiger partial charge in [-0.05, 0) is 36.6 Å².